The number of aromatic nitrogens is 1. The molecule has 7 heteroatoms. The van der Waals surface area contributed by atoms with Gasteiger partial charge in [0, 0.05) is 25.0 Å². The Hall–Kier alpha value is -3.09. The molecule has 0 saturated carbocycles. The number of carbonyl (C=O) groups excluding carboxylic acids is 2. The fourth-order valence-corrected chi connectivity index (χ4v) is 2.45. The fourth-order valence-electron chi connectivity index (χ4n) is 2.45. The summed E-state index contributed by atoms with van der Waals surface area (Å²) in [6, 6.07) is 7.05. The second-order valence-corrected chi connectivity index (χ2v) is 5.76. The van der Waals surface area contributed by atoms with Crippen LogP contribution >= 0.6 is 0 Å². The Labute approximate surface area is 144 Å². The van der Waals surface area contributed by atoms with E-state index in [1.165, 1.54) is 12.5 Å². The maximum Gasteiger partial charge on any atom is 0.360 e. The number of hydrogen-bond donors (Lipinski definition) is 0. The molecule has 0 unspecified atom stereocenters. The lowest BCUT2D eigenvalue weighted by atomic mass is 10.1. The smallest absolute Gasteiger partial charge is 0.360 e. The van der Waals surface area contributed by atoms with E-state index in [4.69, 9.17) is 18.6 Å². The van der Waals surface area contributed by atoms with Gasteiger partial charge in [0.2, 0.25) is 5.79 Å². The molecule has 2 aromatic rings. The summed E-state index contributed by atoms with van der Waals surface area (Å²) in [5, 5.41) is 0. The Balaban J connectivity index is 1.97. The van der Waals surface area contributed by atoms with Crippen molar-refractivity contribution in [3.8, 4) is 11.3 Å². The molecule has 0 bridgehead atoms. The molecule has 3 rings (SSSR count). The van der Waals surface area contributed by atoms with Crippen LogP contribution in [-0.4, -0.2) is 29.3 Å². The Morgan fingerprint density at radius 3 is 2.72 bits per heavy atom. The highest BCUT2D eigenvalue weighted by Gasteiger charge is 2.31. The van der Waals surface area contributed by atoms with Gasteiger partial charge in [-0.1, -0.05) is 18.2 Å². The third-order valence-corrected chi connectivity index (χ3v) is 3.40. The second kappa shape index (κ2) is 6.43. The number of rotatable bonds is 4. The predicted octanol–water partition coefficient (Wildman–Crippen LogP) is 3.17. The zero-order chi connectivity index (χ0) is 18.0. The number of benzene rings is 1. The van der Waals surface area contributed by atoms with Gasteiger partial charge in [-0.15, -0.1) is 0 Å². The fraction of sp³-hybridized carbons (Fsp3) is 0.278. The maximum atomic E-state index is 12.0. The molecule has 1 aromatic carbocycles. The molecule has 0 atom stereocenters. The van der Waals surface area contributed by atoms with Crippen LogP contribution in [0.25, 0.3) is 17.1 Å². The minimum Gasteiger partial charge on any atom is -0.461 e. The van der Waals surface area contributed by atoms with E-state index in [-0.39, 0.29) is 12.3 Å². The molecule has 1 aliphatic rings. The first-order valence-electron chi connectivity index (χ1n) is 7.75. The van der Waals surface area contributed by atoms with Crippen molar-refractivity contribution in [2.45, 2.75) is 26.6 Å². The van der Waals surface area contributed by atoms with Crippen molar-refractivity contribution in [3.05, 3.63) is 48.0 Å². The molecule has 7 nitrogen and oxygen atoms in total. The van der Waals surface area contributed by atoms with Crippen LogP contribution in [0.5, 0.6) is 0 Å². The van der Waals surface area contributed by atoms with E-state index in [2.05, 4.69) is 4.98 Å². The van der Waals surface area contributed by atoms with E-state index in [0.29, 0.717) is 22.6 Å². The average Bonchev–Trinajstić information content (AvgIpc) is 3.03. The van der Waals surface area contributed by atoms with Crippen molar-refractivity contribution >= 4 is 17.7 Å². The summed E-state index contributed by atoms with van der Waals surface area (Å²) in [6.07, 6.45) is 2.46. The number of cyclic esters (lactones) is 1. The van der Waals surface area contributed by atoms with Crippen LogP contribution in [0, 0.1) is 0 Å². The van der Waals surface area contributed by atoms with Gasteiger partial charge in [0.1, 0.15) is 5.76 Å². The van der Waals surface area contributed by atoms with Crippen LogP contribution < -0.4 is 0 Å². The summed E-state index contributed by atoms with van der Waals surface area (Å²) in [5.74, 6) is -1.43. The van der Waals surface area contributed by atoms with Gasteiger partial charge in [0.05, 0.1) is 12.7 Å². The number of nitrogens with zero attached hydrogens (tertiary/aromatic N) is 1. The Morgan fingerprint density at radius 2 is 2.00 bits per heavy atom. The van der Waals surface area contributed by atoms with Gasteiger partial charge in [-0.3, -0.25) is 0 Å². The quantitative estimate of drug-likeness (QED) is 0.788. The number of ether oxygens (including phenoxy) is 3. The normalized spacial score (nSPS) is 15.8. The van der Waals surface area contributed by atoms with Crippen molar-refractivity contribution in [2.75, 3.05) is 6.61 Å². The molecule has 0 saturated heterocycles. The van der Waals surface area contributed by atoms with E-state index in [9.17, 15) is 9.59 Å². The summed E-state index contributed by atoms with van der Waals surface area (Å²) in [7, 11) is 0. The van der Waals surface area contributed by atoms with Crippen LogP contribution in [0.3, 0.4) is 0 Å². The molecule has 25 heavy (non-hydrogen) atoms. The van der Waals surface area contributed by atoms with Crippen molar-refractivity contribution in [3.63, 3.8) is 0 Å². The van der Waals surface area contributed by atoms with Crippen LogP contribution in [0.2, 0.25) is 0 Å². The van der Waals surface area contributed by atoms with E-state index >= 15 is 0 Å². The molecule has 130 valence electrons. The molecule has 0 aliphatic carbocycles. The van der Waals surface area contributed by atoms with Crippen molar-refractivity contribution in [1.29, 1.82) is 0 Å². The molecule has 0 radical (unpaired) electrons. The standard InChI is InChI=1S/C18H17NO6/c1-4-22-17(21)15-16(23-10-19-15)12-7-5-6-11(8-12)13-9-14(20)25-18(2,3)24-13/h5-10H,4H2,1-3H3. The van der Waals surface area contributed by atoms with Gasteiger partial charge in [-0.05, 0) is 13.0 Å². The van der Waals surface area contributed by atoms with E-state index < -0.39 is 17.7 Å². The zero-order valence-corrected chi connectivity index (χ0v) is 14.1. The van der Waals surface area contributed by atoms with Gasteiger partial charge in [-0.25, -0.2) is 14.6 Å². The molecule has 1 aromatic heterocycles. The Morgan fingerprint density at radius 1 is 1.24 bits per heavy atom. The lowest BCUT2D eigenvalue weighted by Crippen LogP contribution is -2.33. The van der Waals surface area contributed by atoms with E-state index in [1.807, 2.05) is 0 Å². The second-order valence-electron chi connectivity index (χ2n) is 5.76. The van der Waals surface area contributed by atoms with Gasteiger partial charge in [0.15, 0.2) is 17.8 Å². The third-order valence-electron chi connectivity index (χ3n) is 3.40. The first-order valence-corrected chi connectivity index (χ1v) is 7.75. The molecule has 0 amide bonds. The number of esters is 2. The van der Waals surface area contributed by atoms with Crippen LogP contribution in [0.1, 0.15) is 36.8 Å². The number of hydrogen-bond acceptors (Lipinski definition) is 7. The SMILES string of the molecule is CCOC(=O)c1ncoc1-c1cccc(C2=CC(=O)OC(C)(C)O2)c1. The van der Waals surface area contributed by atoms with Crippen molar-refractivity contribution < 1.29 is 28.2 Å². The highest BCUT2D eigenvalue weighted by Crippen LogP contribution is 2.32. The molecular weight excluding hydrogens is 326 g/mol. The Kier molecular flexibility index (Phi) is 4.31. The lowest BCUT2D eigenvalue weighted by Gasteiger charge is -2.30. The summed E-state index contributed by atoms with van der Waals surface area (Å²) in [6.45, 7) is 5.25. The Bertz CT molecular complexity index is 849. The average molecular weight is 343 g/mol. The third kappa shape index (κ3) is 3.55. The van der Waals surface area contributed by atoms with E-state index in [0.717, 1.165) is 0 Å². The van der Waals surface area contributed by atoms with Gasteiger partial charge in [0.25, 0.3) is 0 Å². The topological polar surface area (TPSA) is 87.9 Å². The lowest BCUT2D eigenvalue weighted by molar-refractivity contribution is -0.193. The summed E-state index contributed by atoms with van der Waals surface area (Å²) >= 11 is 0. The van der Waals surface area contributed by atoms with Crippen LogP contribution in [-0.2, 0) is 19.0 Å². The molecule has 0 fully saturated rings. The van der Waals surface area contributed by atoms with Crippen LogP contribution in [0.15, 0.2) is 41.2 Å². The number of oxazole rings is 1. The minimum absolute atomic E-state index is 0.0947. The zero-order valence-electron chi connectivity index (χ0n) is 14.1. The molecule has 1 aliphatic heterocycles. The van der Waals surface area contributed by atoms with Crippen LogP contribution in [0.4, 0.5) is 0 Å². The molecule has 2 heterocycles. The molecule has 0 spiro atoms. The summed E-state index contributed by atoms with van der Waals surface area (Å²) < 4.78 is 21.1. The van der Waals surface area contributed by atoms with Crippen molar-refractivity contribution in [2.24, 2.45) is 0 Å². The highest BCUT2D eigenvalue weighted by molar-refractivity contribution is 5.94. The summed E-state index contributed by atoms with van der Waals surface area (Å²) in [4.78, 5) is 27.6. The van der Waals surface area contributed by atoms with Gasteiger partial charge >= 0.3 is 11.9 Å². The van der Waals surface area contributed by atoms with Gasteiger partial charge < -0.3 is 18.6 Å². The molecular formula is C18H17NO6. The first-order chi connectivity index (χ1) is 11.9. The minimum atomic E-state index is -1.06. The highest BCUT2D eigenvalue weighted by atomic mass is 16.7. The largest absolute Gasteiger partial charge is 0.461 e. The first kappa shape index (κ1) is 16.8. The molecule has 0 N–H and O–H groups in total. The monoisotopic (exact) mass is 343 g/mol. The van der Waals surface area contributed by atoms with E-state index in [1.54, 1.807) is 45.0 Å². The maximum absolute atomic E-state index is 12.0. The number of carbonyl (C=O) groups is 2. The van der Waals surface area contributed by atoms with Gasteiger partial charge in [-0.2, -0.15) is 0 Å². The predicted molar refractivity (Wildman–Crippen MR) is 87.1 cm³/mol. The van der Waals surface area contributed by atoms with Crippen molar-refractivity contribution in [1.82, 2.24) is 4.98 Å². The summed E-state index contributed by atoms with van der Waals surface area (Å²) in [5.41, 5.74) is 1.35.